The molecule has 0 spiro atoms. The first kappa shape index (κ1) is 6.70. The predicted molar refractivity (Wildman–Crippen MR) is 30.2 cm³/mol. The van der Waals surface area contributed by atoms with Crippen LogP contribution in [0.2, 0.25) is 0 Å². The van der Waals surface area contributed by atoms with E-state index in [0.717, 1.165) is 11.7 Å². The summed E-state index contributed by atoms with van der Waals surface area (Å²) in [6.45, 7) is 2.58. The fourth-order valence-corrected chi connectivity index (χ4v) is 0.768. The third-order valence-corrected chi connectivity index (χ3v) is 1.30. The van der Waals surface area contributed by atoms with E-state index in [-0.39, 0.29) is 8.01 Å². The second-order valence-electron chi connectivity index (χ2n) is 0.608. The normalized spacial score (nSPS) is 11.0. The van der Waals surface area contributed by atoms with Crippen molar-refractivity contribution in [2.24, 2.45) is 0 Å². The number of hydrogen-bond acceptors (Lipinski definition) is 3. The van der Waals surface area contributed by atoms with Crippen LogP contribution in [-0.4, -0.2) is 11.2 Å². The minimum atomic E-state index is 0.187. The van der Waals surface area contributed by atoms with Crippen molar-refractivity contribution in [1.82, 2.24) is 0 Å². The van der Waals surface area contributed by atoms with E-state index in [2.05, 4.69) is 0 Å². The molecule has 0 aromatic rings. The lowest BCUT2D eigenvalue weighted by Gasteiger charge is -1.89. The van der Waals surface area contributed by atoms with E-state index in [0.29, 0.717) is 6.61 Å². The van der Waals surface area contributed by atoms with Crippen LogP contribution in [-0.2, 0) is 4.52 Å². The summed E-state index contributed by atoms with van der Waals surface area (Å²) >= 11 is 0.732. The lowest BCUT2D eigenvalue weighted by Crippen LogP contribution is -1.67. The van der Waals surface area contributed by atoms with Crippen LogP contribution in [0.3, 0.4) is 0 Å². The van der Waals surface area contributed by atoms with Crippen LogP contribution in [0, 0.1) is 0 Å². The molecule has 6 heavy (non-hydrogen) atoms. The van der Waals surface area contributed by atoms with Crippen LogP contribution in [0.15, 0.2) is 0 Å². The summed E-state index contributed by atoms with van der Waals surface area (Å²) in [7, 11) is 0.187. The maximum atomic E-state index is 8.00. The van der Waals surface area contributed by atoms with Crippen molar-refractivity contribution < 1.29 is 9.08 Å². The summed E-state index contributed by atoms with van der Waals surface area (Å²) < 4.78 is 12.7. The van der Waals surface area contributed by atoms with Gasteiger partial charge in [-0.2, -0.15) is 0 Å². The van der Waals surface area contributed by atoms with Crippen molar-refractivity contribution in [3.63, 3.8) is 0 Å². The highest BCUT2D eigenvalue weighted by atomic mass is 32.7. The molecule has 0 aromatic heterocycles. The molecule has 0 aliphatic rings. The molecule has 4 heteroatoms. The van der Waals surface area contributed by atoms with Gasteiger partial charge in [0.05, 0.1) is 0 Å². The Balaban J connectivity index is 2.34. The van der Waals surface area contributed by atoms with Crippen LogP contribution in [0.4, 0.5) is 0 Å². The molecule has 1 N–H and O–H groups in total. The predicted octanol–water partition coefficient (Wildman–Crippen LogP) is 1.74. The van der Waals surface area contributed by atoms with Crippen molar-refractivity contribution in [1.29, 1.82) is 0 Å². The molecule has 0 radical (unpaired) electrons. The Morgan fingerprint density at radius 1 is 2.00 bits per heavy atom. The van der Waals surface area contributed by atoms with Gasteiger partial charge >= 0.3 is 0 Å². The van der Waals surface area contributed by atoms with Crippen LogP contribution in [0.25, 0.3) is 0 Å². The molecule has 0 heterocycles. The van der Waals surface area contributed by atoms with Crippen molar-refractivity contribution in [3.05, 3.63) is 0 Å². The highest BCUT2D eigenvalue weighted by Gasteiger charge is 1.75. The molecule has 2 nitrogen and oxygen atoms in total. The van der Waals surface area contributed by atoms with Gasteiger partial charge in [0.25, 0.3) is 0 Å². The van der Waals surface area contributed by atoms with Gasteiger partial charge < -0.3 is 9.08 Å². The first-order valence-corrected chi connectivity index (χ1v) is 3.99. The average molecular weight is 126 g/mol. The Morgan fingerprint density at radius 3 is 2.83 bits per heavy atom. The monoisotopic (exact) mass is 126 g/mol. The van der Waals surface area contributed by atoms with E-state index in [1.807, 2.05) is 6.92 Å². The quantitative estimate of drug-likeness (QED) is 0.355. The van der Waals surface area contributed by atoms with Gasteiger partial charge in [-0.15, -0.1) is 0 Å². The Bertz CT molecular complexity index is 23.5. The third kappa shape index (κ3) is 4.70. The molecule has 38 valence electrons. The molecule has 0 saturated carbocycles. The van der Waals surface area contributed by atoms with Gasteiger partial charge in [0.15, 0.2) is 0 Å². The summed E-state index contributed by atoms with van der Waals surface area (Å²) in [5, 5.41) is 0. The summed E-state index contributed by atoms with van der Waals surface area (Å²) in [6, 6.07) is 0. The minimum absolute atomic E-state index is 0.187. The molecule has 0 saturated heterocycles. The van der Waals surface area contributed by atoms with Gasteiger partial charge in [-0.3, -0.25) is 0 Å². The lowest BCUT2D eigenvalue weighted by molar-refractivity contribution is 0.396. The molecular formula is C2H7O2PS. The Morgan fingerprint density at radius 2 is 2.67 bits per heavy atom. The fraction of sp³-hybridized carbons (Fsp3) is 1.00. The topological polar surface area (TPSA) is 29.5 Å². The summed E-state index contributed by atoms with van der Waals surface area (Å²) in [5.41, 5.74) is 0. The zero-order valence-corrected chi connectivity index (χ0v) is 5.29. The number of rotatable bonds is 3. The van der Waals surface area contributed by atoms with Crippen molar-refractivity contribution in [2.45, 2.75) is 6.92 Å². The maximum absolute atomic E-state index is 8.00. The summed E-state index contributed by atoms with van der Waals surface area (Å²) in [4.78, 5) is 0. The van der Waals surface area contributed by atoms with Gasteiger partial charge in [-0.25, -0.2) is 0 Å². The van der Waals surface area contributed by atoms with E-state index >= 15 is 0 Å². The van der Waals surface area contributed by atoms with Crippen LogP contribution < -0.4 is 0 Å². The number of hydrogen-bond donors (Lipinski definition) is 1. The highest BCUT2D eigenvalue weighted by molar-refractivity contribution is 8.44. The van der Waals surface area contributed by atoms with Gasteiger partial charge in [0.1, 0.15) is 8.01 Å². The van der Waals surface area contributed by atoms with E-state index in [9.17, 15) is 0 Å². The maximum Gasteiger partial charge on any atom is 0.104 e. The van der Waals surface area contributed by atoms with Gasteiger partial charge in [-0.05, 0) is 6.92 Å². The van der Waals surface area contributed by atoms with Gasteiger partial charge in [0, 0.05) is 18.3 Å². The smallest absolute Gasteiger partial charge is 0.104 e. The average Bonchev–Trinajstić information content (AvgIpc) is 1.61. The van der Waals surface area contributed by atoms with Crippen LogP contribution in [0.5, 0.6) is 0 Å². The van der Waals surface area contributed by atoms with Gasteiger partial charge in [0.2, 0.25) is 0 Å². The minimum Gasteiger partial charge on any atom is -0.349 e. The van der Waals surface area contributed by atoms with Crippen molar-refractivity contribution in [3.8, 4) is 0 Å². The van der Waals surface area contributed by atoms with E-state index in [4.69, 9.17) is 9.08 Å². The zero-order valence-electron chi connectivity index (χ0n) is 3.47. The molecule has 0 fully saturated rings. The van der Waals surface area contributed by atoms with E-state index in [1.165, 1.54) is 0 Å². The molecule has 1 unspecified atom stereocenters. The molecule has 0 aliphatic heterocycles. The fourth-order valence-electron chi connectivity index (χ4n) is 0.0853. The Kier molecular flexibility index (Phi) is 6.36. The molecular weight excluding hydrogens is 119 g/mol. The Labute approximate surface area is 43.1 Å². The first-order chi connectivity index (χ1) is 2.91. The molecule has 0 rings (SSSR count). The summed E-state index contributed by atoms with van der Waals surface area (Å²) in [5.74, 6) is 0. The third-order valence-electron chi connectivity index (χ3n) is 0.241. The molecule has 1 atom stereocenters. The lowest BCUT2D eigenvalue weighted by atomic mass is 10.9. The second-order valence-corrected chi connectivity index (χ2v) is 2.29. The van der Waals surface area contributed by atoms with E-state index < -0.39 is 0 Å². The highest BCUT2D eigenvalue weighted by Crippen LogP contribution is 2.25. The molecule has 0 amide bonds. The van der Waals surface area contributed by atoms with Crippen LogP contribution >= 0.6 is 19.7 Å². The molecule has 0 aromatic carbocycles. The van der Waals surface area contributed by atoms with Gasteiger partial charge in [-0.1, -0.05) is 0 Å². The second kappa shape index (κ2) is 5.70. The SMILES string of the molecule is CCOPSO. The van der Waals surface area contributed by atoms with E-state index in [1.54, 1.807) is 0 Å². The Hall–Kier alpha value is 0.700. The molecule has 0 bridgehead atoms. The standard InChI is InChI=1S/C2H7O2PS/c1-2-4-5-6-3/h3,5H,2H2,1H3. The largest absolute Gasteiger partial charge is 0.349 e. The van der Waals surface area contributed by atoms with Crippen molar-refractivity contribution in [2.75, 3.05) is 6.61 Å². The van der Waals surface area contributed by atoms with Crippen LogP contribution in [0.1, 0.15) is 6.92 Å². The zero-order chi connectivity index (χ0) is 4.83. The summed E-state index contributed by atoms with van der Waals surface area (Å²) in [6.07, 6.45) is 0. The molecule has 0 aliphatic carbocycles. The first-order valence-electron chi connectivity index (χ1n) is 1.59. The van der Waals surface area contributed by atoms with Crippen molar-refractivity contribution >= 4 is 19.7 Å².